The minimum Gasteiger partial charge on any atom is -0.345 e. The Labute approximate surface area is 122 Å². The highest BCUT2D eigenvalue weighted by Crippen LogP contribution is 2.23. The number of nitro groups is 1. The first-order valence-electron chi connectivity index (χ1n) is 6.45. The van der Waals surface area contributed by atoms with Crippen LogP contribution in [0.3, 0.4) is 0 Å². The molecule has 1 aromatic heterocycles. The van der Waals surface area contributed by atoms with Crippen molar-refractivity contribution < 1.29 is 9.72 Å². The molecule has 0 bridgehead atoms. The smallest absolute Gasteiger partial charge is 0.285 e. The number of aromatic nitrogens is 1. The molecule has 0 aliphatic carbocycles. The summed E-state index contributed by atoms with van der Waals surface area (Å²) in [5, 5.41) is 13.9. The number of nitrogens with zero attached hydrogens (tertiary/aromatic N) is 2. The summed E-state index contributed by atoms with van der Waals surface area (Å²) in [5.74, 6) is -0.463. The molecule has 0 saturated heterocycles. The Balaban J connectivity index is 2.26. The fraction of sp³-hybridized carbons (Fsp3) is 0.200. The molecule has 1 unspecified atom stereocenters. The Bertz CT molecular complexity index is 671. The van der Waals surface area contributed by atoms with E-state index in [9.17, 15) is 14.9 Å². The van der Waals surface area contributed by atoms with Crippen molar-refractivity contribution in [2.24, 2.45) is 0 Å². The summed E-state index contributed by atoms with van der Waals surface area (Å²) in [5.41, 5.74) is 1.26. The van der Waals surface area contributed by atoms with Crippen LogP contribution < -0.4 is 5.32 Å². The number of para-hydroxylation sites is 1. The second-order valence-corrected chi connectivity index (χ2v) is 4.70. The summed E-state index contributed by atoms with van der Waals surface area (Å²) in [4.78, 5) is 26.8. The molecule has 6 nitrogen and oxygen atoms in total. The van der Waals surface area contributed by atoms with E-state index in [-0.39, 0.29) is 17.3 Å². The Kier molecular flexibility index (Phi) is 4.27. The highest BCUT2D eigenvalue weighted by Gasteiger charge is 2.23. The maximum Gasteiger partial charge on any atom is 0.285 e. The van der Waals surface area contributed by atoms with Crippen molar-refractivity contribution in [3.05, 3.63) is 69.5 Å². The number of benzene rings is 1. The van der Waals surface area contributed by atoms with E-state index < -0.39 is 10.8 Å². The van der Waals surface area contributed by atoms with E-state index in [1.165, 1.54) is 6.07 Å². The predicted molar refractivity (Wildman–Crippen MR) is 78.0 cm³/mol. The van der Waals surface area contributed by atoms with Crippen LogP contribution in [0.25, 0.3) is 0 Å². The molecule has 0 fully saturated rings. The molecule has 0 saturated carbocycles. The van der Waals surface area contributed by atoms with Crippen molar-refractivity contribution in [2.75, 3.05) is 0 Å². The van der Waals surface area contributed by atoms with Crippen LogP contribution in [0.5, 0.6) is 0 Å². The van der Waals surface area contributed by atoms with Crippen molar-refractivity contribution in [2.45, 2.75) is 19.9 Å². The minimum atomic E-state index is -0.526. The van der Waals surface area contributed by atoms with Crippen LogP contribution in [0.4, 0.5) is 5.69 Å². The number of rotatable bonds is 4. The first kappa shape index (κ1) is 14.6. The first-order valence-corrected chi connectivity index (χ1v) is 6.45. The van der Waals surface area contributed by atoms with Crippen LogP contribution in [0, 0.1) is 17.0 Å². The van der Waals surface area contributed by atoms with Gasteiger partial charge in [0.1, 0.15) is 5.56 Å². The van der Waals surface area contributed by atoms with E-state index in [0.29, 0.717) is 5.56 Å². The Hall–Kier alpha value is -2.76. The van der Waals surface area contributed by atoms with Gasteiger partial charge in [-0.15, -0.1) is 0 Å². The van der Waals surface area contributed by atoms with Crippen molar-refractivity contribution in [3.63, 3.8) is 0 Å². The van der Waals surface area contributed by atoms with E-state index >= 15 is 0 Å². The molecule has 1 N–H and O–H groups in total. The maximum atomic E-state index is 12.3. The lowest BCUT2D eigenvalue weighted by Crippen LogP contribution is -2.27. The van der Waals surface area contributed by atoms with Crippen LogP contribution in [0.15, 0.2) is 42.7 Å². The molecule has 0 radical (unpaired) electrons. The lowest BCUT2D eigenvalue weighted by molar-refractivity contribution is -0.385. The molecular weight excluding hydrogens is 270 g/mol. The number of aryl methyl sites for hydroxylation is 1. The highest BCUT2D eigenvalue weighted by atomic mass is 16.6. The summed E-state index contributed by atoms with van der Waals surface area (Å²) >= 11 is 0. The molecule has 2 rings (SSSR count). The SMILES string of the molecule is Cc1cccc(C(=O)NC(C)c2ccncc2)c1[N+](=O)[O-]. The zero-order chi connectivity index (χ0) is 15.4. The van der Waals surface area contributed by atoms with Gasteiger partial charge < -0.3 is 5.32 Å². The summed E-state index contributed by atoms with van der Waals surface area (Å²) < 4.78 is 0. The van der Waals surface area contributed by atoms with E-state index in [1.807, 2.05) is 6.92 Å². The van der Waals surface area contributed by atoms with Crippen LogP contribution in [0.2, 0.25) is 0 Å². The zero-order valence-corrected chi connectivity index (χ0v) is 11.7. The van der Waals surface area contributed by atoms with Gasteiger partial charge >= 0.3 is 0 Å². The van der Waals surface area contributed by atoms with Gasteiger partial charge in [0.2, 0.25) is 0 Å². The number of carbonyl (C=O) groups excluding carboxylic acids is 1. The maximum absolute atomic E-state index is 12.3. The molecule has 6 heteroatoms. The lowest BCUT2D eigenvalue weighted by Gasteiger charge is -2.14. The van der Waals surface area contributed by atoms with E-state index in [1.54, 1.807) is 43.6 Å². The molecule has 0 spiro atoms. The van der Waals surface area contributed by atoms with E-state index in [2.05, 4.69) is 10.3 Å². The number of hydrogen-bond donors (Lipinski definition) is 1. The van der Waals surface area contributed by atoms with Gasteiger partial charge in [-0.2, -0.15) is 0 Å². The average molecular weight is 285 g/mol. The van der Waals surface area contributed by atoms with Gasteiger partial charge in [-0.25, -0.2) is 0 Å². The van der Waals surface area contributed by atoms with E-state index in [0.717, 1.165) is 5.56 Å². The molecule has 0 aliphatic heterocycles. The number of nitrogens with one attached hydrogen (secondary N) is 1. The number of carbonyl (C=O) groups is 1. The average Bonchev–Trinajstić information content (AvgIpc) is 2.47. The third-order valence-electron chi connectivity index (χ3n) is 3.22. The van der Waals surface area contributed by atoms with Gasteiger partial charge in [0.05, 0.1) is 11.0 Å². The molecule has 1 amide bonds. The summed E-state index contributed by atoms with van der Waals surface area (Å²) in [7, 11) is 0. The minimum absolute atomic E-state index is 0.0703. The Morgan fingerprint density at radius 2 is 1.95 bits per heavy atom. The molecule has 2 aromatic rings. The van der Waals surface area contributed by atoms with E-state index in [4.69, 9.17) is 0 Å². The standard InChI is InChI=1S/C15H15N3O3/c1-10-4-3-5-13(14(10)18(20)21)15(19)17-11(2)12-6-8-16-9-7-12/h3-9,11H,1-2H3,(H,17,19). The Morgan fingerprint density at radius 1 is 1.29 bits per heavy atom. The van der Waals surface area contributed by atoms with Crippen LogP contribution in [-0.2, 0) is 0 Å². The van der Waals surface area contributed by atoms with Crippen LogP contribution in [-0.4, -0.2) is 15.8 Å². The van der Waals surface area contributed by atoms with Crippen molar-refractivity contribution in [1.82, 2.24) is 10.3 Å². The predicted octanol–water partition coefficient (Wildman–Crippen LogP) is 2.79. The quantitative estimate of drug-likeness (QED) is 0.691. The van der Waals surface area contributed by atoms with Crippen molar-refractivity contribution in [1.29, 1.82) is 0 Å². The van der Waals surface area contributed by atoms with Gasteiger partial charge in [0.25, 0.3) is 11.6 Å². The molecule has 1 aromatic carbocycles. The van der Waals surface area contributed by atoms with Crippen LogP contribution >= 0.6 is 0 Å². The summed E-state index contributed by atoms with van der Waals surface area (Å²) in [6.45, 7) is 3.43. The monoisotopic (exact) mass is 285 g/mol. The molecular formula is C15H15N3O3. The Morgan fingerprint density at radius 3 is 2.57 bits per heavy atom. The van der Waals surface area contributed by atoms with Crippen LogP contribution in [0.1, 0.15) is 34.5 Å². The molecule has 1 heterocycles. The van der Waals surface area contributed by atoms with Gasteiger partial charge in [-0.3, -0.25) is 19.9 Å². The largest absolute Gasteiger partial charge is 0.345 e. The fourth-order valence-corrected chi connectivity index (χ4v) is 2.09. The van der Waals surface area contributed by atoms with Gasteiger partial charge in [-0.05, 0) is 37.6 Å². The second-order valence-electron chi connectivity index (χ2n) is 4.70. The number of amides is 1. The molecule has 0 aliphatic rings. The first-order chi connectivity index (χ1) is 10.0. The summed E-state index contributed by atoms with van der Waals surface area (Å²) in [6, 6.07) is 8.01. The number of pyridine rings is 1. The molecule has 108 valence electrons. The summed E-state index contributed by atoms with van der Waals surface area (Å²) in [6.07, 6.45) is 3.26. The van der Waals surface area contributed by atoms with Gasteiger partial charge in [-0.1, -0.05) is 12.1 Å². The van der Waals surface area contributed by atoms with Gasteiger partial charge in [0, 0.05) is 18.0 Å². The number of nitro benzene ring substituents is 1. The lowest BCUT2D eigenvalue weighted by atomic mass is 10.1. The van der Waals surface area contributed by atoms with Crippen molar-refractivity contribution in [3.8, 4) is 0 Å². The third kappa shape index (κ3) is 3.22. The fourth-order valence-electron chi connectivity index (χ4n) is 2.09. The van der Waals surface area contributed by atoms with Crippen molar-refractivity contribution >= 4 is 11.6 Å². The molecule has 1 atom stereocenters. The zero-order valence-electron chi connectivity index (χ0n) is 11.7. The highest BCUT2D eigenvalue weighted by molar-refractivity contribution is 5.98. The topological polar surface area (TPSA) is 85.1 Å². The molecule has 21 heavy (non-hydrogen) atoms. The third-order valence-corrected chi connectivity index (χ3v) is 3.22. The second kappa shape index (κ2) is 6.13. The van der Waals surface area contributed by atoms with Gasteiger partial charge in [0.15, 0.2) is 0 Å². The number of hydrogen-bond acceptors (Lipinski definition) is 4. The normalized spacial score (nSPS) is 11.7.